The molecular formula is C12H15F2NO3. The highest BCUT2D eigenvalue weighted by atomic mass is 19.3. The van der Waals surface area contributed by atoms with Crippen molar-refractivity contribution in [3.05, 3.63) is 35.9 Å². The van der Waals surface area contributed by atoms with E-state index in [4.69, 9.17) is 4.74 Å². The van der Waals surface area contributed by atoms with Gasteiger partial charge in [-0.25, -0.2) is 4.79 Å². The van der Waals surface area contributed by atoms with Crippen molar-refractivity contribution in [3.8, 4) is 0 Å². The number of carbonyl (C=O) groups is 1. The van der Waals surface area contributed by atoms with E-state index >= 15 is 0 Å². The maximum absolute atomic E-state index is 11.8. The number of benzene rings is 1. The molecule has 0 aliphatic heterocycles. The quantitative estimate of drug-likeness (QED) is 0.854. The summed E-state index contributed by atoms with van der Waals surface area (Å²) in [6, 6.07) is 9.14. The maximum atomic E-state index is 11.8. The summed E-state index contributed by atoms with van der Waals surface area (Å²) in [5.41, 5.74) is 0.851. The van der Waals surface area contributed by atoms with Crippen molar-refractivity contribution in [1.29, 1.82) is 0 Å². The first-order valence-corrected chi connectivity index (χ1v) is 5.46. The largest absolute Gasteiger partial charge is 0.445 e. The molecule has 18 heavy (non-hydrogen) atoms. The van der Waals surface area contributed by atoms with Gasteiger partial charge in [0, 0.05) is 6.54 Å². The fourth-order valence-electron chi connectivity index (χ4n) is 1.22. The molecule has 1 aromatic carbocycles. The van der Waals surface area contributed by atoms with E-state index in [2.05, 4.69) is 10.1 Å². The van der Waals surface area contributed by atoms with Crippen LogP contribution in [0.25, 0.3) is 0 Å². The normalized spacial score (nSPS) is 12.2. The van der Waals surface area contributed by atoms with Gasteiger partial charge >= 0.3 is 12.7 Å². The van der Waals surface area contributed by atoms with E-state index in [-0.39, 0.29) is 13.2 Å². The van der Waals surface area contributed by atoms with Gasteiger partial charge in [0.2, 0.25) is 0 Å². The average Bonchev–Trinajstić information content (AvgIpc) is 2.34. The number of alkyl halides is 2. The Kier molecular flexibility index (Phi) is 6.07. The summed E-state index contributed by atoms with van der Waals surface area (Å²) in [4.78, 5) is 11.2. The Hall–Kier alpha value is -1.69. The maximum Gasteiger partial charge on any atom is 0.407 e. The molecule has 100 valence electrons. The molecule has 1 amide bonds. The minimum atomic E-state index is -2.85. The number of carbonyl (C=O) groups excluding carboxylic acids is 1. The van der Waals surface area contributed by atoms with Gasteiger partial charge in [-0.05, 0) is 12.5 Å². The smallest absolute Gasteiger partial charge is 0.407 e. The van der Waals surface area contributed by atoms with Crippen LogP contribution in [-0.2, 0) is 16.1 Å². The third-order valence-electron chi connectivity index (χ3n) is 2.08. The topological polar surface area (TPSA) is 47.6 Å². The first kappa shape index (κ1) is 14.4. The zero-order chi connectivity index (χ0) is 13.4. The van der Waals surface area contributed by atoms with E-state index < -0.39 is 18.8 Å². The zero-order valence-corrected chi connectivity index (χ0v) is 9.94. The first-order valence-electron chi connectivity index (χ1n) is 5.46. The van der Waals surface area contributed by atoms with Gasteiger partial charge in [-0.2, -0.15) is 8.78 Å². The number of hydrogen-bond donors (Lipinski definition) is 1. The van der Waals surface area contributed by atoms with Crippen LogP contribution < -0.4 is 5.32 Å². The molecule has 0 aromatic heterocycles. The molecule has 1 rings (SSSR count). The molecule has 0 fully saturated rings. The van der Waals surface area contributed by atoms with Crippen LogP contribution in [0.3, 0.4) is 0 Å². The molecule has 0 aliphatic carbocycles. The molecule has 1 aromatic rings. The molecule has 6 heteroatoms. The van der Waals surface area contributed by atoms with Crippen LogP contribution in [0.2, 0.25) is 0 Å². The van der Waals surface area contributed by atoms with Crippen LogP contribution in [0.15, 0.2) is 30.3 Å². The van der Waals surface area contributed by atoms with Crippen molar-refractivity contribution in [1.82, 2.24) is 5.32 Å². The highest BCUT2D eigenvalue weighted by Gasteiger charge is 2.11. The molecule has 0 spiro atoms. The van der Waals surface area contributed by atoms with Crippen molar-refractivity contribution < 1.29 is 23.0 Å². The second-order valence-electron chi connectivity index (χ2n) is 3.65. The van der Waals surface area contributed by atoms with Gasteiger partial charge in [-0.3, -0.25) is 0 Å². The molecular weight excluding hydrogens is 244 g/mol. The minimum absolute atomic E-state index is 0.0298. The van der Waals surface area contributed by atoms with Crippen molar-refractivity contribution >= 4 is 6.09 Å². The summed E-state index contributed by atoms with van der Waals surface area (Å²) in [5.74, 6) is 0. The van der Waals surface area contributed by atoms with Crippen LogP contribution in [0.5, 0.6) is 0 Å². The lowest BCUT2D eigenvalue weighted by molar-refractivity contribution is -0.156. The Morgan fingerprint density at radius 2 is 2.00 bits per heavy atom. The lowest BCUT2D eigenvalue weighted by Crippen LogP contribution is -2.33. The molecule has 0 saturated carbocycles. The van der Waals surface area contributed by atoms with Crippen LogP contribution in [0.4, 0.5) is 13.6 Å². The summed E-state index contributed by atoms with van der Waals surface area (Å²) in [7, 11) is 0. The number of alkyl carbamates (subject to hydrolysis) is 1. The molecule has 0 unspecified atom stereocenters. The molecule has 0 radical (unpaired) electrons. The highest BCUT2D eigenvalue weighted by molar-refractivity contribution is 5.67. The molecule has 0 saturated heterocycles. The summed E-state index contributed by atoms with van der Waals surface area (Å²) >= 11 is 0. The predicted molar refractivity (Wildman–Crippen MR) is 61.2 cm³/mol. The predicted octanol–water partition coefficient (Wildman–Crippen LogP) is 2.54. The van der Waals surface area contributed by atoms with E-state index in [1.54, 1.807) is 0 Å². The third kappa shape index (κ3) is 6.15. The number of amides is 1. The fourth-order valence-corrected chi connectivity index (χ4v) is 1.22. The van der Waals surface area contributed by atoms with E-state index in [0.717, 1.165) is 5.56 Å². The molecule has 0 bridgehead atoms. The van der Waals surface area contributed by atoms with Gasteiger partial charge in [-0.15, -0.1) is 0 Å². The van der Waals surface area contributed by atoms with Crippen LogP contribution in [0.1, 0.15) is 12.5 Å². The lowest BCUT2D eigenvalue weighted by atomic mass is 10.2. The van der Waals surface area contributed by atoms with Crippen molar-refractivity contribution in [3.63, 3.8) is 0 Å². The molecule has 4 nitrogen and oxygen atoms in total. The van der Waals surface area contributed by atoms with E-state index in [9.17, 15) is 13.6 Å². The Labute approximate surface area is 104 Å². The summed E-state index contributed by atoms with van der Waals surface area (Å²) in [6.07, 6.45) is -1.43. The standard InChI is InChI=1S/C12H15F2NO3/c1-9(18-11(13)14)7-15-12(16)17-8-10-5-3-2-4-6-10/h2-6,9,11H,7-8H2,1H3,(H,15,16)/t9-/m0/s1. The number of halogens is 2. The Bertz CT molecular complexity index is 360. The van der Waals surface area contributed by atoms with E-state index in [1.807, 2.05) is 30.3 Å². The Balaban J connectivity index is 2.18. The van der Waals surface area contributed by atoms with Gasteiger partial charge in [0.1, 0.15) is 6.61 Å². The Morgan fingerprint density at radius 3 is 2.61 bits per heavy atom. The molecule has 0 aliphatic rings. The van der Waals surface area contributed by atoms with Crippen LogP contribution in [0, 0.1) is 0 Å². The highest BCUT2D eigenvalue weighted by Crippen LogP contribution is 2.02. The molecule has 0 heterocycles. The second-order valence-corrected chi connectivity index (χ2v) is 3.65. The van der Waals surface area contributed by atoms with Gasteiger partial charge in [0.25, 0.3) is 0 Å². The number of ether oxygens (including phenoxy) is 2. The summed E-state index contributed by atoms with van der Waals surface area (Å²) < 4.78 is 32.7. The number of nitrogens with one attached hydrogen (secondary N) is 1. The zero-order valence-electron chi connectivity index (χ0n) is 9.94. The van der Waals surface area contributed by atoms with Crippen molar-refractivity contribution in [2.24, 2.45) is 0 Å². The van der Waals surface area contributed by atoms with E-state index in [1.165, 1.54) is 6.92 Å². The average molecular weight is 259 g/mol. The lowest BCUT2D eigenvalue weighted by Gasteiger charge is -2.13. The molecule has 1 N–H and O–H groups in total. The summed E-state index contributed by atoms with van der Waals surface area (Å²) in [6.45, 7) is -1.31. The van der Waals surface area contributed by atoms with Gasteiger partial charge in [-0.1, -0.05) is 30.3 Å². The monoisotopic (exact) mass is 259 g/mol. The minimum Gasteiger partial charge on any atom is -0.445 e. The third-order valence-corrected chi connectivity index (χ3v) is 2.08. The van der Waals surface area contributed by atoms with Gasteiger partial charge < -0.3 is 14.8 Å². The SMILES string of the molecule is C[C@@H](CNC(=O)OCc1ccccc1)OC(F)F. The molecule has 1 atom stereocenters. The Morgan fingerprint density at radius 1 is 1.33 bits per heavy atom. The number of rotatable bonds is 6. The number of hydrogen-bond acceptors (Lipinski definition) is 3. The second kappa shape index (κ2) is 7.60. The fraction of sp³-hybridized carbons (Fsp3) is 0.417. The van der Waals surface area contributed by atoms with Gasteiger partial charge in [0.15, 0.2) is 0 Å². The first-order chi connectivity index (χ1) is 8.58. The van der Waals surface area contributed by atoms with E-state index in [0.29, 0.717) is 0 Å². The van der Waals surface area contributed by atoms with Crippen molar-refractivity contribution in [2.45, 2.75) is 26.2 Å². The van der Waals surface area contributed by atoms with Crippen LogP contribution in [-0.4, -0.2) is 25.4 Å². The van der Waals surface area contributed by atoms with Gasteiger partial charge in [0.05, 0.1) is 6.10 Å². The summed E-state index contributed by atoms with van der Waals surface area (Å²) in [5, 5.41) is 2.34. The van der Waals surface area contributed by atoms with Crippen LogP contribution >= 0.6 is 0 Å². The van der Waals surface area contributed by atoms with Crippen molar-refractivity contribution in [2.75, 3.05) is 6.54 Å².